The summed E-state index contributed by atoms with van der Waals surface area (Å²) >= 11 is 0. The highest BCUT2D eigenvalue weighted by atomic mass is 16.5. The number of rotatable bonds is 5. The first-order valence-corrected chi connectivity index (χ1v) is 5.25. The van der Waals surface area contributed by atoms with E-state index in [4.69, 9.17) is 10.5 Å². The zero-order valence-electron chi connectivity index (χ0n) is 9.77. The molecule has 0 aliphatic carbocycles. The Kier molecular flexibility index (Phi) is 4.79. The Morgan fingerprint density at radius 2 is 2.12 bits per heavy atom. The van der Waals surface area contributed by atoms with Crippen molar-refractivity contribution in [2.75, 3.05) is 33.0 Å². The second-order valence-corrected chi connectivity index (χ2v) is 3.66. The Bertz CT molecular complexity index is 353. The van der Waals surface area contributed by atoms with Crippen LogP contribution in [0.3, 0.4) is 0 Å². The van der Waals surface area contributed by atoms with Crippen LogP contribution in [-0.2, 0) is 4.74 Å². The van der Waals surface area contributed by atoms with Gasteiger partial charge in [0.25, 0.3) is 5.91 Å². The molecule has 0 atom stereocenters. The molecular formula is C12H18N2O2. The minimum atomic E-state index is -0.0470. The fourth-order valence-corrected chi connectivity index (χ4v) is 1.44. The summed E-state index contributed by atoms with van der Waals surface area (Å²) in [4.78, 5) is 13.6. The van der Waals surface area contributed by atoms with E-state index in [2.05, 4.69) is 0 Å². The van der Waals surface area contributed by atoms with E-state index in [1.807, 2.05) is 12.1 Å². The van der Waals surface area contributed by atoms with Crippen molar-refractivity contribution in [3.05, 3.63) is 29.8 Å². The van der Waals surface area contributed by atoms with E-state index in [1.54, 1.807) is 31.2 Å². The molecule has 0 unspecified atom stereocenters. The first kappa shape index (κ1) is 12.5. The number of carbonyl (C=O) groups is 1. The first-order valence-electron chi connectivity index (χ1n) is 5.25. The lowest BCUT2D eigenvalue weighted by Crippen LogP contribution is -2.29. The molecule has 0 aliphatic heterocycles. The van der Waals surface area contributed by atoms with Crippen molar-refractivity contribution in [2.24, 2.45) is 0 Å². The minimum absolute atomic E-state index is 0.0470. The minimum Gasteiger partial charge on any atom is -0.398 e. The van der Waals surface area contributed by atoms with Crippen LogP contribution in [0.1, 0.15) is 16.8 Å². The third-order valence-electron chi connectivity index (χ3n) is 2.38. The number of hydrogen-bond donors (Lipinski definition) is 1. The lowest BCUT2D eigenvalue weighted by atomic mass is 10.1. The molecule has 4 nitrogen and oxygen atoms in total. The van der Waals surface area contributed by atoms with E-state index in [0.29, 0.717) is 24.4 Å². The Hall–Kier alpha value is -1.55. The predicted molar refractivity (Wildman–Crippen MR) is 64.3 cm³/mol. The molecule has 0 spiro atoms. The topological polar surface area (TPSA) is 55.6 Å². The second-order valence-electron chi connectivity index (χ2n) is 3.66. The molecule has 1 rings (SSSR count). The molecule has 1 aromatic rings. The van der Waals surface area contributed by atoms with Gasteiger partial charge in [0.2, 0.25) is 0 Å². The van der Waals surface area contributed by atoms with Crippen LogP contribution in [0.2, 0.25) is 0 Å². The molecule has 1 amide bonds. The number of nitrogen functional groups attached to an aromatic ring is 1. The number of hydrogen-bond acceptors (Lipinski definition) is 3. The van der Waals surface area contributed by atoms with E-state index in [0.717, 1.165) is 6.42 Å². The molecule has 2 N–H and O–H groups in total. The summed E-state index contributed by atoms with van der Waals surface area (Å²) in [6.07, 6.45) is 0.825. The van der Waals surface area contributed by atoms with Gasteiger partial charge >= 0.3 is 0 Å². The van der Waals surface area contributed by atoms with Crippen molar-refractivity contribution >= 4 is 11.6 Å². The average Bonchev–Trinajstić information content (AvgIpc) is 2.29. The van der Waals surface area contributed by atoms with Crippen molar-refractivity contribution in [3.63, 3.8) is 0 Å². The van der Waals surface area contributed by atoms with E-state index < -0.39 is 0 Å². The van der Waals surface area contributed by atoms with Gasteiger partial charge in [-0.05, 0) is 18.6 Å². The number of para-hydroxylation sites is 1. The maximum atomic E-state index is 12.0. The van der Waals surface area contributed by atoms with Gasteiger partial charge in [0.15, 0.2) is 0 Å². The molecule has 16 heavy (non-hydrogen) atoms. The normalized spacial score (nSPS) is 10.1. The van der Waals surface area contributed by atoms with Gasteiger partial charge in [0, 0.05) is 33.0 Å². The SMILES string of the molecule is COCCCN(C)C(=O)c1ccccc1N. The largest absolute Gasteiger partial charge is 0.398 e. The van der Waals surface area contributed by atoms with E-state index >= 15 is 0 Å². The van der Waals surface area contributed by atoms with Crippen molar-refractivity contribution in [1.82, 2.24) is 4.90 Å². The molecule has 0 saturated carbocycles. The smallest absolute Gasteiger partial charge is 0.255 e. The van der Waals surface area contributed by atoms with Crippen molar-refractivity contribution < 1.29 is 9.53 Å². The highest BCUT2D eigenvalue weighted by Crippen LogP contribution is 2.12. The molecule has 0 radical (unpaired) electrons. The van der Waals surface area contributed by atoms with Crippen molar-refractivity contribution in [3.8, 4) is 0 Å². The van der Waals surface area contributed by atoms with Crippen molar-refractivity contribution in [1.29, 1.82) is 0 Å². The fourth-order valence-electron chi connectivity index (χ4n) is 1.44. The van der Waals surface area contributed by atoms with E-state index in [-0.39, 0.29) is 5.91 Å². The zero-order chi connectivity index (χ0) is 12.0. The Labute approximate surface area is 96.0 Å². The Balaban J connectivity index is 2.60. The summed E-state index contributed by atoms with van der Waals surface area (Å²) in [5.41, 5.74) is 6.82. The number of methoxy groups -OCH3 is 1. The summed E-state index contributed by atoms with van der Waals surface area (Å²) < 4.78 is 4.94. The molecule has 1 aromatic carbocycles. The fraction of sp³-hybridized carbons (Fsp3) is 0.417. The number of amides is 1. The lowest BCUT2D eigenvalue weighted by molar-refractivity contribution is 0.0780. The number of benzene rings is 1. The number of ether oxygens (including phenoxy) is 1. The van der Waals surface area contributed by atoms with Gasteiger partial charge < -0.3 is 15.4 Å². The van der Waals surface area contributed by atoms with E-state index in [1.165, 1.54) is 0 Å². The van der Waals surface area contributed by atoms with Crippen LogP contribution >= 0.6 is 0 Å². The van der Waals surface area contributed by atoms with Gasteiger partial charge in [-0.1, -0.05) is 12.1 Å². The highest BCUT2D eigenvalue weighted by molar-refractivity contribution is 5.98. The molecule has 88 valence electrons. The Morgan fingerprint density at radius 3 is 2.75 bits per heavy atom. The van der Waals surface area contributed by atoms with Crippen LogP contribution in [0.25, 0.3) is 0 Å². The van der Waals surface area contributed by atoms with Crippen molar-refractivity contribution in [2.45, 2.75) is 6.42 Å². The Morgan fingerprint density at radius 1 is 1.44 bits per heavy atom. The van der Waals surface area contributed by atoms with Gasteiger partial charge in [0.05, 0.1) is 5.56 Å². The van der Waals surface area contributed by atoms with Crippen LogP contribution in [0.4, 0.5) is 5.69 Å². The average molecular weight is 222 g/mol. The highest BCUT2D eigenvalue weighted by Gasteiger charge is 2.13. The van der Waals surface area contributed by atoms with Gasteiger partial charge in [-0.2, -0.15) is 0 Å². The van der Waals surface area contributed by atoms with Crippen LogP contribution in [0.15, 0.2) is 24.3 Å². The summed E-state index contributed by atoms with van der Waals surface area (Å²) in [5, 5.41) is 0. The summed E-state index contributed by atoms with van der Waals surface area (Å²) in [5.74, 6) is -0.0470. The van der Waals surface area contributed by atoms with Gasteiger partial charge in [-0.25, -0.2) is 0 Å². The molecule has 4 heteroatoms. The number of nitrogens with two attached hydrogens (primary N) is 1. The molecule has 0 heterocycles. The van der Waals surface area contributed by atoms with Crippen LogP contribution in [0, 0.1) is 0 Å². The van der Waals surface area contributed by atoms with Gasteiger partial charge in [-0.3, -0.25) is 4.79 Å². The maximum absolute atomic E-state index is 12.0. The quantitative estimate of drug-likeness (QED) is 0.605. The first-order chi connectivity index (χ1) is 7.66. The second kappa shape index (κ2) is 6.12. The molecule has 0 bridgehead atoms. The summed E-state index contributed by atoms with van der Waals surface area (Å²) in [6.45, 7) is 1.32. The van der Waals surface area contributed by atoms with E-state index in [9.17, 15) is 4.79 Å². The maximum Gasteiger partial charge on any atom is 0.255 e. The number of nitrogens with zero attached hydrogens (tertiary/aromatic N) is 1. The third kappa shape index (κ3) is 3.24. The molecule has 0 aliphatic rings. The van der Waals surface area contributed by atoms with Gasteiger partial charge in [0.1, 0.15) is 0 Å². The monoisotopic (exact) mass is 222 g/mol. The molecular weight excluding hydrogens is 204 g/mol. The number of carbonyl (C=O) groups excluding carboxylic acids is 1. The number of anilines is 1. The predicted octanol–water partition coefficient (Wildman–Crippen LogP) is 1.38. The van der Waals surface area contributed by atoms with Gasteiger partial charge in [-0.15, -0.1) is 0 Å². The molecule has 0 fully saturated rings. The zero-order valence-corrected chi connectivity index (χ0v) is 9.77. The summed E-state index contributed by atoms with van der Waals surface area (Å²) in [7, 11) is 3.42. The van der Waals surface area contributed by atoms with Crippen LogP contribution in [-0.4, -0.2) is 38.1 Å². The van der Waals surface area contributed by atoms with Crippen LogP contribution < -0.4 is 5.73 Å². The molecule has 0 saturated heterocycles. The standard InChI is InChI=1S/C12H18N2O2/c1-14(8-5-9-16-2)12(15)10-6-3-4-7-11(10)13/h3-4,6-7H,5,8-9,13H2,1-2H3. The van der Waals surface area contributed by atoms with Crippen LogP contribution in [0.5, 0.6) is 0 Å². The molecule has 0 aromatic heterocycles. The third-order valence-corrected chi connectivity index (χ3v) is 2.38. The summed E-state index contributed by atoms with van der Waals surface area (Å²) in [6, 6.07) is 7.10. The lowest BCUT2D eigenvalue weighted by Gasteiger charge is -2.17.